The standard InChI is InChI=1S/C11H10F2O4/c1-2-16-9-3-8(6-15)10(17-11(12)13)4-7(9)5-14/h3-6,11H,2H2,1H3. The number of halogens is 2. The predicted octanol–water partition coefficient (Wildman–Crippen LogP) is 2.31. The van der Waals surface area contributed by atoms with Gasteiger partial charge in [0, 0.05) is 0 Å². The fraction of sp³-hybridized carbons (Fsp3) is 0.273. The SMILES string of the molecule is CCOc1cc(C=O)c(OC(F)F)cc1C=O. The molecule has 0 amide bonds. The predicted molar refractivity (Wildman–Crippen MR) is 55.0 cm³/mol. The van der Waals surface area contributed by atoms with Crippen molar-refractivity contribution >= 4 is 12.6 Å². The molecule has 0 spiro atoms. The summed E-state index contributed by atoms with van der Waals surface area (Å²) in [4.78, 5) is 21.4. The molecular weight excluding hydrogens is 234 g/mol. The van der Waals surface area contributed by atoms with Crippen molar-refractivity contribution in [3.63, 3.8) is 0 Å². The van der Waals surface area contributed by atoms with E-state index in [-0.39, 0.29) is 29.2 Å². The lowest BCUT2D eigenvalue weighted by molar-refractivity contribution is -0.0501. The van der Waals surface area contributed by atoms with Crippen molar-refractivity contribution in [2.45, 2.75) is 13.5 Å². The second-order valence-corrected chi connectivity index (χ2v) is 2.98. The third kappa shape index (κ3) is 3.24. The quantitative estimate of drug-likeness (QED) is 0.720. The van der Waals surface area contributed by atoms with Gasteiger partial charge in [-0.15, -0.1) is 0 Å². The van der Waals surface area contributed by atoms with E-state index in [2.05, 4.69) is 4.74 Å². The minimum atomic E-state index is -3.06. The third-order valence-corrected chi connectivity index (χ3v) is 1.91. The average molecular weight is 244 g/mol. The van der Waals surface area contributed by atoms with Crippen LogP contribution in [0, 0.1) is 0 Å². The Labute approximate surface area is 96.1 Å². The van der Waals surface area contributed by atoms with Crippen molar-refractivity contribution in [3.05, 3.63) is 23.3 Å². The Morgan fingerprint density at radius 2 is 1.71 bits per heavy atom. The Morgan fingerprint density at radius 3 is 2.18 bits per heavy atom. The van der Waals surface area contributed by atoms with E-state index in [1.165, 1.54) is 6.07 Å². The second-order valence-electron chi connectivity index (χ2n) is 2.98. The number of rotatable bonds is 6. The van der Waals surface area contributed by atoms with Gasteiger partial charge in [-0.25, -0.2) is 0 Å². The van der Waals surface area contributed by atoms with E-state index in [9.17, 15) is 18.4 Å². The van der Waals surface area contributed by atoms with Crippen LogP contribution in [0.15, 0.2) is 12.1 Å². The number of hydrogen-bond donors (Lipinski definition) is 0. The van der Waals surface area contributed by atoms with E-state index in [0.717, 1.165) is 6.07 Å². The molecule has 0 fully saturated rings. The van der Waals surface area contributed by atoms with Gasteiger partial charge >= 0.3 is 6.61 Å². The normalized spacial score (nSPS) is 10.1. The van der Waals surface area contributed by atoms with E-state index in [1.54, 1.807) is 6.92 Å². The summed E-state index contributed by atoms with van der Waals surface area (Å²) in [5.74, 6) is -0.188. The molecule has 0 saturated carbocycles. The molecule has 0 aromatic heterocycles. The molecule has 0 radical (unpaired) electrons. The number of alkyl halides is 2. The summed E-state index contributed by atoms with van der Waals surface area (Å²) in [6.45, 7) is -1.08. The summed E-state index contributed by atoms with van der Waals surface area (Å²) >= 11 is 0. The summed E-state index contributed by atoms with van der Waals surface area (Å²) in [5, 5.41) is 0. The Balaban J connectivity index is 3.22. The molecule has 4 nitrogen and oxygen atoms in total. The molecule has 1 aromatic rings. The van der Waals surface area contributed by atoms with Gasteiger partial charge in [0.25, 0.3) is 0 Å². The van der Waals surface area contributed by atoms with Crippen molar-refractivity contribution in [1.29, 1.82) is 0 Å². The summed E-state index contributed by atoms with van der Waals surface area (Å²) < 4.78 is 33.4. The Morgan fingerprint density at radius 1 is 1.18 bits per heavy atom. The molecule has 1 aromatic carbocycles. The van der Waals surface area contributed by atoms with Crippen LogP contribution in [0.4, 0.5) is 8.78 Å². The maximum atomic E-state index is 12.1. The van der Waals surface area contributed by atoms with E-state index in [1.807, 2.05) is 0 Å². The molecule has 1 rings (SSSR count). The molecule has 0 bridgehead atoms. The van der Waals surface area contributed by atoms with E-state index in [0.29, 0.717) is 12.6 Å². The average Bonchev–Trinajstić information content (AvgIpc) is 2.30. The zero-order valence-corrected chi connectivity index (χ0v) is 8.98. The van der Waals surface area contributed by atoms with Crippen LogP contribution in [-0.2, 0) is 0 Å². The van der Waals surface area contributed by atoms with Crippen molar-refractivity contribution in [2.24, 2.45) is 0 Å². The molecule has 6 heteroatoms. The zero-order valence-electron chi connectivity index (χ0n) is 8.98. The molecule has 0 aliphatic heterocycles. The van der Waals surface area contributed by atoms with E-state index in [4.69, 9.17) is 4.74 Å². The van der Waals surface area contributed by atoms with Crippen LogP contribution in [0.2, 0.25) is 0 Å². The molecule has 0 N–H and O–H groups in total. The Kier molecular flexibility index (Phi) is 4.56. The van der Waals surface area contributed by atoms with Crippen molar-refractivity contribution < 1.29 is 27.8 Å². The minimum absolute atomic E-state index is 0.0492. The highest BCUT2D eigenvalue weighted by Crippen LogP contribution is 2.28. The van der Waals surface area contributed by atoms with Crippen LogP contribution in [0.3, 0.4) is 0 Å². The fourth-order valence-electron chi connectivity index (χ4n) is 1.25. The molecule has 0 aliphatic carbocycles. The molecule has 0 aliphatic rings. The Hall–Kier alpha value is -1.98. The first-order valence-electron chi connectivity index (χ1n) is 4.78. The van der Waals surface area contributed by atoms with Gasteiger partial charge in [-0.05, 0) is 19.1 Å². The first kappa shape index (κ1) is 13.1. The number of carbonyl (C=O) groups is 2. The summed E-state index contributed by atoms with van der Waals surface area (Å²) in [6.07, 6.45) is 0.798. The van der Waals surface area contributed by atoms with Crippen LogP contribution in [0.1, 0.15) is 27.6 Å². The van der Waals surface area contributed by atoms with E-state index >= 15 is 0 Å². The summed E-state index contributed by atoms with van der Waals surface area (Å²) in [5.41, 5.74) is -0.0487. The van der Waals surface area contributed by atoms with E-state index < -0.39 is 6.61 Å². The lowest BCUT2D eigenvalue weighted by Gasteiger charge is -2.11. The maximum Gasteiger partial charge on any atom is 0.387 e. The lowest BCUT2D eigenvalue weighted by Crippen LogP contribution is -2.06. The number of benzene rings is 1. The van der Waals surface area contributed by atoms with Crippen molar-refractivity contribution in [2.75, 3.05) is 6.61 Å². The van der Waals surface area contributed by atoms with Gasteiger partial charge in [0.15, 0.2) is 12.6 Å². The zero-order chi connectivity index (χ0) is 12.8. The van der Waals surface area contributed by atoms with Gasteiger partial charge in [-0.3, -0.25) is 9.59 Å². The molecule has 0 atom stereocenters. The molecule has 0 unspecified atom stereocenters. The van der Waals surface area contributed by atoms with Crippen molar-refractivity contribution in [1.82, 2.24) is 0 Å². The number of ether oxygens (including phenoxy) is 2. The largest absolute Gasteiger partial charge is 0.493 e. The fourth-order valence-corrected chi connectivity index (χ4v) is 1.25. The number of aldehydes is 2. The second kappa shape index (κ2) is 5.93. The van der Waals surface area contributed by atoms with Crippen LogP contribution >= 0.6 is 0 Å². The van der Waals surface area contributed by atoms with Crippen molar-refractivity contribution in [3.8, 4) is 11.5 Å². The molecule has 17 heavy (non-hydrogen) atoms. The van der Waals surface area contributed by atoms with Gasteiger partial charge in [-0.1, -0.05) is 0 Å². The first-order chi connectivity index (χ1) is 8.12. The monoisotopic (exact) mass is 244 g/mol. The number of carbonyl (C=O) groups excluding carboxylic acids is 2. The molecule has 0 heterocycles. The van der Waals surface area contributed by atoms with Gasteiger partial charge < -0.3 is 9.47 Å². The van der Waals surface area contributed by atoms with Crippen LogP contribution in [0.25, 0.3) is 0 Å². The smallest absolute Gasteiger partial charge is 0.387 e. The van der Waals surface area contributed by atoms with Gasteiger partial charge in [-0.2, -0.15) is 8.78 Å². The highest BCUT2D eigenvalue weighted by Gasteiger charge is 2.14. The number of hydrogen-bond acceptors (Lipinski definition) is 4. The molecular formula is C11H10F2O4. The molecule has 92 valence electrons. The van der Waals surface area contributed by atoms with Crippen LogP contribution in [0.5, 0.6) is 11.5 Å². The molecule has 0 saturated heterocycles. The highest BCUT2D eigenvalue weighted by atomic mass is 19.3. The third-order valence-electron chi connectivity index (χ3n) is 1.91. The topological polar surface area (TPSA) is 52.6 Å². The maximum absolute atomic E-state index is 12.1. The van der Waals surface area contributed by atoms with Gasteiger partial charge in [0.2, 0.25) is 0 Å². The minimum Gasteiger partial charge on any atom is -0.493 e. The van der Waals surface area contributed by atoms with Gasteiger partial charge in [0.05, 0.1) is 17.7 Å². The Bertz CT molecular complexity index is 418. The summed E-state index contributed by atoms with van der Waals surface area (Å²) in [7, 11) is 0. The summed E-state index contributed by atoms with van der Waals surface area (Å²) in [6, 6.07) is 2.24. The van der Waals surface area contributed by atoms with Crippen LogP contribution in [-0.4, -0.2) is 25.8 Å². The first-order valence-corrected chi connectivity index (χ1v) is 4.78. The van der Waals surface area contributed by atoms with Gasteiger partial charge in [0.1, 0.15) is 11.5 Å². The van der Waals surface area contributed by atoms with Crippen LogP contribution < -0.4 is 9.47 Å². The lowest BCUT2D eigenvalue weighted by atomic mass is 10.1. The highest BCUT2D eigenvalue weighted by molar-refractivity contribution is 5.87.